The fraction of sp³-hybridized carbons (Fsp3) is 0.188. The van der Waals surface area contributed by atoms with Crippen molar-refractivity contribution in [1.29, 1.82) is 0 Å². The van der Waals surface area contributed by atoms with Gasteiger partial charge in [0.25, 0.3) is 0 Å². The van der Waals surface area contributed by atoms with Crippen molar-refractivity contribution in [1.82, 2.24) is 0 Å². The van der Waals surface area contributed by atoms with Crippen LogP contribution in [0.15, 0.2) is 36.4 Å². The molecule has 0 aromatic heterocycles. The van der Waals surface area contributed by atoms with Gasteiger partial charge in [-0.2, -0.15) is 0 Å². The third-order valence-electron chi connectivity index (χ3n) is 2.99. The van der Waals surface area contributed by atoms with Crippen LogP contribution in [0.1, 0.15) is 21.5 Å². The van der Waals surface area contributed by atoms with Gasteiger partial charge in [-0.3, -0.25) is 0 Å². The van der Waals surface area contributed by atoms with Crippen LogP contribution in [0.5, 0.6) is 11.5 Å². The lowest BCUT2D eigenvalue weighted by molar-refractivity contribution is 0.0691. The van der Waals surface area contributed by atoms with E-state index in [9.17, 15) is 9.18 Å². The Labute approximate surface area is 121 Å². The molecule has 2 aromatic carbocycles. The molecular weight excluding hydrogens is 275 g/mol. The Morgan fingerprint density at radius 1 is 1.19 bits per heavy atom. The molecule has 0 spiro atoms. The lowest BCUT2D eigenvalue weighted by Crippen LogP contribution is -2.05. The summed E-state index contributed by atoms with van der Waals surface area (Å²) in [5.74, 6) is -1.09. The molecule has 0 fully saturated rings. The fourth-order valence-electron chi connectivity index (χ4n) is 1.97. The van der Waals surface area contributed by atoms with Crippen molar-refractivity contribution in [2.45, 2.75) is 13.5 Å². The zero-order valence-electron chi connectivity index (χ0n) is 11.7. The molecule has 1 N–H and O–H groups in total. The number of aryl methyl sites for hydroxylation is 1. The number of aromatic carboxylic acids is 1. The molecular formula is C16H15FO4. The van der Waals surface area contributed by atoms with Crippen molar-refractivity contribution in [3.8, 4) is 11.5 Å². The lowest BCUT2D eigenvalue weighted by Gasteiger charge is -2.12. The van der Waals surface area contributed by atoms with Crippen molar-refractivity contribution in [3.05, 3.63) is 58.9 Å². The monoisotopic (exact) mass is 290 g/mol. The molecule has 0 atom stereocenters. The third kappa shape index (κ3) is 3.51. The van der Waals surface area contributed by atoms with Crippen LogP contribution in [0.25, 0.3) is 0 Å². The molecule has 5 heteroatoms. The molecule has 2 rings (SSSR count). The largest absolute Gasteiger partial charge is 0.496 e. The van der Waals surface area contributed by atoms with Crippen molar-refractivity contribution in [2.24, 2.45) is 0 Å². The molecule has 0 unspecified atom stereocenters. The smallest absolute Gasteiger partial charge is 0.339 e. The highest BCUT2D eigenvalue weighted by atomic mass is 19.1. The molecule has 2 aromatic rings. The maximum Gasteiger partial charge on any atom is 0.339 e. The van der Waals surface area contributed by atoms with E-state index in [0.717, 1.165) is 23.3 Å². The van der Waals surface area contributed by atoms with Crippen LogP contribution in [0.3, 0.4) is 0 Å². The van der Waals surface area contributed by atoms with E-state index in [4.69, 9.17) is 14.6 Å². The number of methoxy groups -OCH3 is 1. The molecule has 0 bridgehead atoms. The second kappa shape index (κ2) is 6.26. The fourth-order valence-corrected chi connectivity index (χ4v) is 1.97. The quantitative estimate of drug-likeness (QED) is 0.916. The van der Waals surface area contributed by atoms with Gasteiger partial charge in [-0.1, -0.05) is 11.6 Å². The van der Waals surface area contributed by atoms with Crippen LogP contribution in [-0.2, 0) is 6.61 Å². The molecule has 0 saturated carbocycles. The molecule has 21 heavy (non-hydrogen) atoms. The summed E-state index contributed by atoms with van der Waals surface area (Å²) in [6.07, 6.45) is 0. The summed E-state index contributed by atoms with van der Waals surface area (Å²) in [5.41, 5.74) is 1.70. The molecule has 0 amide bonds. The molecule has 0 aliphatic carbocycles. The van der Waals surface area contributed by atoms with E-state index in [0.29, 0.717) is 5.75 Å². The molecule has 4 nitrogen and oxygen atoms in total. The highest BCUT2D eigenvalue weighted by Gasteiger charge is 2.13. The standard InChI is InChI=1S/C16H15FO4/c1-10-3-6-14(20-2)11(7-10)9-21-15-8-12(17)4-5-13(15)16(18)19/h3-8H,9H2,1-2H3,(H,18,19). The minimum atomic E-state index is -1.17. The summed E-state index contributed by atoms with van der Waals surface area (Å²) in [4.78, 5) is 11.1. The Bertz CT molecular complexity index is 667. The van der Waals surface area contributed by atoms with E-state index in [1.165, 1.54) is 6.07 Å². The predicted octanol–water partition coefficient (Wildman–Crippen LogP) is 3.42. The van der Waals surface area contributed by atoms with E-state index in [1.807, 2.05) is 19.1 Å². The van der Waals surface area contributed by atoms with Gasteiger partial charge < -0.3 is 14.6 Å². The SMILES string of the molecule is COc1ccc(C)cc1COc1cc(F)ccc1C(=O)O. The Kier molecular flexibility index (Phi) is 4.42. The number of ether oxygens (including phenoxy) is 2. The molecule has 0 aliphatic rings. The van der Waals surface area contributed by atoms with Crippen molar-refractivity contribution >= 4 is 5.97 Å². The summed E-state index contributed by atoms with van der Waals surface area (Å²) >= 11 is 0. The number of hydrogen-bond donors (Lipinski definition) is 1. The van der Waals surface area contributed by atoms with Crippen molar-refractivity contribution < 1.29 is 23.8 Å². The third-order valence-corrected chi connectivity index (χ3v) is 2.99. The van der Waals surface area contributed by atoms with E-state index < -0.39 is 11.8 Å². The zero-order chi connectivity index (χ0) is 15.4. The van der Waals surface area contributed by atoms with Crippen LogP contribution < -0.4 is 9.47 Å². The summed E-state index contributed by atoms with van der Waals surface area (Å²) < 4.78 is 23.9. The number of hydrogen-bond acceptors (Lipinski definition) is 3. The first-order valence-corrected chi connectivity index (χ1v) is 6.30. The van der Waals surface area contributed by atoms with E-state index in [1.54, 1.807) is 13.2 Å². The first-order valence-electron chi connectivity index (χ1n) is 6.30. The highest BCUT2D eigenvalue weighted by molar-refractivity contribution is 5.90. The number of benzene rings is 2. The average Bonchev–Trinajstić information content (AvgIpc) is 2.45. The normalized spacial score (nSPS) is 10.2. The number of rotatable bonds is 5. The average molecular weight is 290 g/mol. The molecule has 0 heterocycles. The van der Waals surface area contributed by atoms with Gasteiger partial charge in [-0.05, 0) is 31.2 Å². The summed E-state index contributed by atoms with van der Waals surface area (Å²) in [6, 6.07) is 8.90. The van der Waals surface area contributed by atoms with Crippen LogP contribution in [0.4, 0.5) is 4.39 Å². The number of carboxylic acid groups (broad SMARTS) is 1. The van der Waals surface area contributed by atoms with Gasteiger partial charge in [0.1, 0.15) is 29.5 Å². The minimum Gasteiger partial charge on any atom is -0.496 e. The maximum atomic E-state index is 13.2. The predicted molar refractivity (Wildman–Crippen MR) is 75.4 cm³/mol. The van der Waals surface area contributed by atoms with Crippen LogP contribution in [0.2, 0.25) is 0 Å². The van der Waals surface area contributed by atoms with Gasteiger partial charge in [-0.15, -0.1) is 0 Å². The summed E-state index contributed by atoms with van der Waals surface area (Å²) in [7, 11) is 1.54. The van der Waals surface area contributed by atoms with E-state index >= 15 is 0 Å². The van der Waals surface area contributed by atoms with Gasteiger partial charge in [0.15, 0.2) is 0 Å². The lowest BCUT2D eigenvalue weighted by atomic mass is 10.1. The van der Waals surface area contributed by atoms with Crippen LogP contribution >= 0.6 is 0 Å². The molecule has 0 aliphatic heterocycles. The van der Waals surface area contributed by atoms with E-state index in [-0.39, 0.29) is 17.9 Å². The topological polar surface area (TPSA) is 55.8 Å². The van der Waals surface area contributed by atoms with Crippen LogP contribution in [0, 0.1) is 12.7 Å². The van der Waals surface area contributed by atoms with Gasteiger partial charge >= 0.3 is 5.97 Å². The van der Waals surface area contributed by atoms with Gasteiger partial charge in [0.05, 0.1) is 7.11 Å². The van der Waals surface area contributed by atoms with Gasteiger partial charge in [0.2, 0.25) is 0 Å². The molecule has 0 radical (unpaired) electrons. The first-order chi connectivity index (χ1) is 10.0. The van der Waals surface area contributed by atoms with Gasteiger partial charge in [-0.25, -0.2) is 9.18 Å². The van der Waals surface area contributed by atoms with Gasteiger partial charge in [0, 0.05) is 11.6 Å². The minimum absolute atomic E-state index is 0.00828. The Morgan fingerprint density at radius 3 is 2.62 bits per heavy atom. The Hall–Kier alpha value is -2.56. The Balaban J connectivity index is 2.26. The number of halogens is 1. The summed E-state index contributed by atoms with van der Waals surface area (Å²) in [5, 5.41) is 9.07. The second-order valence-electron chi connectivity index (χ2n) is 4.55. The first kappa shape index (κ1) is 14.8. The second-order valence-corrected chi connectivity index (χ2v) is 4.55. The van der Waals surface area contributed by atoms with E-state index in [2.05, 4.69) is 0 Å². The number of carbonyl (C=O) groups is 1. The Morgan fingerprint density at radius 2 is 1.95 bits per heavy atom. The van der Waals surface area contributed by atoms with Crippen molar-refractivity contribution in [3.63, 3.8) is 0 Å². The summed E-state index contributed by atoms with van der Waals surface area (Å²) in [6.45, 7) is 2.02. The molecule has 0 saturated heterocycles. The zero-order valence-corrected chi connectivity index (χ0v) is 11.7. The molecule has 110 valence electrons. The van der Waals surface area contributed by atoms with Crippen molar-refractivity contribution in [2.75, 3.05) is 7.11 Å². The van der Waals surface area contributed by atoms with Crippen LogP contribution in [-0.4, -0.2) is 18.2 Å². The highest BCUT2D eigenvalue weighted by Crippen LogP contribution is 2.25. The number of carboxylic acids is 1. The maximum absolute atomic E-state index is 13.2.